The molecule has 0 aliphatic carbocycles. The number of rotatable bonds is 10. The Morgan fingerprint density at radius 1 is 0.615 bits per heavy atom. The van der Waals surface area contributed by atoms with Crippen molar-refractivity contribution in [2.75, 3.05) is 6.67 Å². The van der Waals surface area contributed by atoms with E-state index >= 15 is 0 Å². The maximum absolute atomic E-state index is 13.7. The number of benzene rings is 2. The van der Waals surface area contributed by atoms with E-state index in [9.17, 15) is 26.4 Å². The van der Waals surface area contributed by atoms with Crippen molar-refractivity contribution in [3.05, 3.63) is 71.8 Å². The Hall–Kier alpha value is -2.80. The summed E-state index contributed by atoms with van der Waals surface area (Å²) < 4.78 is 58.2. The van der Waals surface area contributed by atoms with E-state index in [-0.39, 0.29) is 37.8 Å². The van der Waals surface area contributed by atoms with Crippen LogP contribution >= 0.6 is 0 Å². The van der Waals surface area contributed by atoms with Crippen LogP contribution in [0.1, 0.15) is 51.7 Å². The summed E-state index contributed by atoms with van der Waals surface area (Å²) in [7, 11) is -8.82. The Labute approximate surface area is 231 Å². The van der Waals surface area contributed by atoms with Gasteiger partial charge in [0.25, 0.3) is 11.8 Å². The second-order valence-electron chi connectivity index (χ2n) is 10.9. The van der Waals surface area contributed by atoms with E-state index < -0.39 is 51.0 Å². The van der Waals surface area contributed by atoms with E-state index in [1.165, 1.54) is 0 Å². The molecule has 2 aliphatic rings. The molecule has 10 nitrogen and oxygen atoms in total. The number of amides is 2. The second kappa shape index (κ2) is 11.4. The van der Waals surface area contributed by atoms with Crippen molar-refractivity contribution in [2.24, 2.45) is 11.8 Å². The standard InChI is InChI=1S/C27H36N4O6S2/c1-20(2)15-24-26(32)30(38(34,35)28(24)17-22-11-7-5-8-12-22)19-31-27(33)25(16-21(3)4)29(39(31,36)37)18-23-13-9-6-10-14-23/h5-14,20-21,24-25H,15-19H2,1-4H3. The Balaban J connectivity index is 1.68. The first kappa shape index (κ1) is 29.2. The van der Waals surface area contributed by atoms with Crippen LogP contribution in [0.4, 0.5) is 0 Å². The first-order chi connectivity index (χ1) is 18.3. The Morgan fingerprint density at radius 3 is 1.26 bits per heavy atom. The van der Waals surface area contributed by atoms with Gasteiger partial charge in [-0.1, -0.05) is 88.4 Å². The molecule has 0 radical (unpaired) electrons. The highest BCUT2D eigenvalue weighted by molar-refractivity contribution is 7.88. The van der Waals surface area contributed by atoms with Crippen LogP contribution < -0.4 is 0 Å². The summed E-state index contributed by atoms with van der Waals surface area (Å²) in [6, 6.07) is 15.8. The smallest absolute Gasteiger partial charge is 0.272 e. The molecule has 2 aromatic rings. The average molecular weight is 577 g/mol. The van der Waals surface area contributed by atoms with E-state index in [2.05, 4.69) is 0 Å². The van der Waals surface area contributed by atoms with Gasteiger partial charge in [0.05, 0.1) is 0 Å². The van der Waals surface area contributed by atoms with Crippen LogP contribution in [-0.2, 0) is 43.1 Å². The van der Waals surface area contributed by atoms with Crippen molar-refractivity contribution in [3.63, 3.8) is 0 Å². The summed E-state index contributed by atoms with van der Waals surface area (Å²) in [6.07, 6.45) is 0.524. The zero-order valence-corrected chi connectivity index (χ0v) is 24.3. The van der Waals surface area contributed by atoms with Gasteiger partial charge < -0.3 is 0 Å². The lowest BCUT2D eigenvalue weighted by atomic mass is 10.0. The quantitative estimate of drug-likeness (QED) is 0.430. The lowest BCUT2D eigenvalue weighted by molar-refractivity contribution is -0.132. The highest BCUT2D eigenvalue weighted by atomic mass is 32.2. The first-order valence-corrected chi connectivity index (χ1v) is 15.9. The molecule has 2 atom stereocenters. The van der Waals surface area contributed by atoms with Gasteiger partial charge in [-0.15, -0.1) is 0 Å². The lowest BCUT2D eigenvalue weighted by Gasteiger charge is -2.24. The maximum atomic E-state index is 13.7. The SMILES string of the molecule is CC(C)CC1C(=O)N(CN2C(=O)C(CC(C)C)N(Cc3ccccc3)S2(=O)=O)S(=O)(=O)N1Cc1ccccc1. The van der Waals surface area contributed by atoms with Crippen LogP contribution in [0.2, 0.25) is 0 Å². The topological polar surface area (TPSA) is 115 Å². The molecule has 2 amide bonds. The molecule has 0 spiro atoms. The number of hydrogen-bond acceptors (Lipinski definition) is 6. The summed E-state index contributed by atoms with van der Waals surface area (Å²) in [5, 5.41) is 0. The van der Waals surface area contributed by atoms with Gasteiger partial charge in [0.15, 0.2) is 0 Å². The molecule has 12 heteroatoms. The minimum Gasteiger partial charge on any atom is -0.272 e. The van der Waals surface area contributed by atoms with Gasteiger partial charge in [-0.2, -0.15) is 25.4 Å². The van der Waals surface area contributed by atoms with E-state index in [1.54, 1.807) is 48.5 Å². The maximum Gasteiger partial charge on any atom is 0.308 e. The Kier molecular flexibility index (Phi) is 8.50. The van der Waals surface area contributed by atoms with Crippen molar-refractivity contribution < 1.29 is 26.4 Å². The number of carbonyl (C=O) groups excluding carboxylic acids is 2. The Morgan fingerprint density at radius 2 is 0.949 bits per heavy atom. The zero-order chi connectivity index (χ0) is 28.5. The van der Waals surface area contributed by atoms with Crippen molar-refractivity contribution in [1.29, 1.82) is 0 Å². The molecule has 4 rings (SSSR count). The molecule has 2 fully saturated rings. The van der Waals surface area contributed by atoms with Crippen molar-refractivity contribution in [3.8, 4) is 0 Å². The van der Waals surface area contributed by atoms with Crippen molar-refractivity contribution >= 4 is 32.2 Å². The third-order valence-corrected chi connectivity index (χ3v) is 10.6. The molecule has 2 heterocycles. The molecule has 0 bridgehead atoms. The van der Waals surface area contributed by atoms with Gasteiger partial charge in [-0.25, -0.2) is 8.61 Å². The largest absolute Gasteiger partial charge is 0.308 e. The van der Waals surface area contributed by atoms with Crippen LogP contribution in [-0.4, -0.2) is 64.6 Å². The third-order valence-electron chi connectivity index (χ3n) is 6.92. The minimum atomic E-state index is -4.41. The highest BCUT2D eigenvalue weighted by Crippen LogP contribution is 2.34. The molecule has 2 aromatic carbocycles. The molecule has 39 heavy (non-hydrogen) atoms. The van der Waals surface area contributed by atoms with E-state index in [1.807, 2.05) is 39.8 Å². The number of hydrogen-bond donors (Lipinski definition) is 0. The third kappa shape index (κ3) is 5.88. The molecule has 2 aliphatic heterocycles. The monoisotopic (exact) mass is 576 g/mol. The second-order valence-corrected chi connectivity index (χ2v) is 14.5. The summed E-state index contributed by atoms with van der Waals surface area (Å²) in [5.41, 5.74) is 1.39. The first-order valence-electron chi connectivity index (χ1n) is 13.1. The van der Waals surface area contributed by atoms with E-state index in [0.29, 0.717) is 19.7 Å². The zero-order valence-electron chi connectivity index (χ0n) is 22.7. The highest BCUT2D eigenvalue weighted by Gasteiger charge is 2.56. The van der Waals surface area contributed by atoms with Crippen molar-refractivity contribution in [2.45, 2.75) is 65.7 Å². The van der Waals surface area contributed by atoms with Gasteiger partial charge in [0.1, 0.15) is 18.8 Å². The number of carbonyl (C=O) groups is 2. The molecule has 2 saturated heterocycles. The van der Waals surface area contributed by atoms with Gasteiger partial charge in [-0.05, 0) is 35.8 Å². The predicted molar refractivity (Wildman–Crippen MR) is 147 cm³/mol. The molecule has 2 unspecified atom stereocenters. The average Bonchev–Trinajstić information content (AvgIpc) is 3.14. The molecular formula is C27H36N4O6S2. The van der Waals surface area contributed by atoms with Crippen LogP contribution in [0.15, 0.2) is 60.7 Å². The van der Waals surface area contributed by atoms with E-state index in [0.717, 1.165) is 8.61 Å². The van der Waals surface area contributed by atoms with Crippen LogP contribution in [0.25, 0.3) is 0 Å². The van der Waals surface area contributed by atoms with Crippen LogP contribution in [0.3, 0.4) is 0 Å². The molecule has 0 saturated carbocycles. The summed E-state index contributed by atoms with van der Waals surface area (Å²) in [5.74, 6) is -1.46. The molecular weight excluding hydrogens is 540 g/mol. The van der Waals surface area contributed by atoms with Gasteiger partial charge in [0, 0.05) is 13.1 Å². The normalized spacial score (nSPS) is 23.4. The fourth-order valence-electron chi connectivity index (χ4n) is 5.02. The van der Waals surface area contributed by atoms with Crippen molar-refractivity contribution in [1.82, 2.24) is 17.2 Å². The van der Waals surface area contributed by atoms with Gasteiger partial charge >= 0.3 is 20.4 Å². The predicted octanol–water partition coefficient (Wildman–Crippen LogP) is 2.95. The minimum absolute atomic E-state index is 0.00121. The molecule has 0 N–H and O–H groups in total. The fourth-order valence-corrected chi connectivity index (χ4v) is 8.44. The summed E-state index contributed by atoms with van der Waals surface area (Å²) >= 11 is 0. The fraction of sp³-hybridized carbons (Fsp3) is 0.481. The summed E-state index contributed by atoms with van der Waals surface area (Å²) in [4.78, 5) is 27.1. The van der Waals surface area contributed by atoms with Crippen LogP contribution in [0, 0.1) is 11.8 Å². The summed E-state index contributed by atoms with van der Waals surface area (Å²) in [6.45, 7) is 6.57. The number of nitrogens with zero attached hydrogens (tertiary/aromatic N) is 4. The molecule has 212 valence electrons. The van der Waals surface area contributed by atoms with Crippen LogP contribution in [0.5, 0.6) is 0 Å². The van der Waals surface area contributed by atoms with Gasteiger partial charge in [-0.3, -0.25) is 9.59 Å². The molecule has 0 aromatic heterocycles. The van der Waals surface area contributed by atoms with E-state index in [4.69, 9.17) is 0 Å². The lowest BCUT2D eigenvalue weighted by Crippen LogP contribution is -2.46. The van der Waals surface area contributed by atoms with Gasteiger partial charge in [0.2, 0.25) is 0 Å². The Bertz CT molecular complexity index is 1290.